The third-order valence-corrected chi connectivity index (χ3v) is 4.58. The summed E-state index contributed by atoms with van der Waals surface area (Å²) in [6.45, 7) is -0.328. The Morgan fingerprint density at radius 3 is 2.30 bits per heavy atom. The first-order valence-corrected chi connectivity index (χ1v) is 9.29. The molecule has 0 amide bonds. The Morgan fingerprint density at radius 2 is 1.67 bits per heavy atom. The number of hydrogen-bond donors (Lipinski definition) is 1. The second kappa shape index (κ2) is 8.88. The molecule has 0 unspecified atom stereocenters. The van der Waals surface area contributed by atoms with Gasteiger partial charge in [-0.05, 0) is 29.8 Å². The van der Waals surface area contributed by atoms with Crippen molar-refractivity contribution in [3.05, 3.63) is 65.5 Å². The molecule has 1 N–H and O–H groups in total. The van der Waals surface area contributed by atoms with Gasteiger partial charge in [0, 0.05) is 0 Å². The Morgan fingerprint density at radius 1 is 1.00 bits per heavy atom. The summed E-state index contributed by atoms with van der Waals surface area (Å²) in [5.74, 6) is 4.07. The van der Waals surface area contributed by atoms with Crippen LogP contribution in [0, 0.1) is 17.7 Å². The first-order chi connectivity index (χ1) is 12.7. The van der Waals surface area contributed by atoms with Gasteiger partial charge < -0.3 is 4.74 Å². The number of benzene rings is 2. The van der Waals surface area contributed by atoms with Crippen molar-refractivity contribution >= 4 is 10.0 Å². The van der Waals surface area contributed by atoms with Gasteiger partial charge in [-0.3, -0.25) is 0 Å². The maximum Gasteiger partial charge on any atom is 0.416 e. The van der Waals surface area contributed by atoms with Crippen LogP contribution in [0.1, 0.15) is 11.1 Å². The van der Waals surface area contributed by atoms with Crippen molar-refractivity contribution in [2.24, 2.45) is 0 Å². The highest BCUT2D eigenvalue weighted by molar-refractivity contribution is 7.88. The molecule has 0 atom stereocenters. The largest absolute Gasteiger partial charge is 0.478 e. The van der Waals surface area contributed by atoms with Crippen LogP contribution in [0.3, 0.4) is 0 Å². The molecule has 27 heavy (non-hydrogen) atoms. The maximum atomic E-state index is 13.3. The summed E-state index contributed by atoms with van der Waals surface area (Å²) in [5.41, 5.74) is -0.635. The molecule has 144 valence electrons. The van der Waals surface area contributed by atoms with E-state index < -0.39 is 33.3 Å². The molecule has 0 spiro atoms. The fraction of sp³-hybridized carbons (Fsp3) is 0.222. The van der Waals surface area contributed by atoms with Gasteiger partial charge in [-0.2, -0.15) is 13.2 Å². The minimum absolute atomic E-state index is 0.0367. The first kappa shape index (κ1) is 20.7. The Bertz CT molecular complexity index is 930. The van der Waals surface area contributed by atoms with E-state index in [9.17, 15) is 26.0 Å². The molecule has 0 aliphatic heterocycles. The summed E-state index contributed by atoms with van der Waals surface area (Å²) in [6.07, 6.45) is -4.48. The van der Waals surface area contributed by atoms with E-state index in [4.69, 9.17) is 4.74 Å². The highest BCUT2D eigenvalue weighted by Crippen LogP contribution is 2.29. The van der Waals surface area contributed by atoms with Crippen molar-refractivity contribution < 1.29 is 30.7 Å². The standard InChI is InChI=1S/C18H15F4NO3S/c19-16-5-1-2-6-17(16)26-12-4-3-11-23-27(24,25)13-14-7-9-15(10-8-14)18(20,21)22/h1-2,5-10,23H,11-13H2. The van der Waals surface area contributed by atoms with Crippen molar-refractivity contribution in [3.63, 3.8) is 0 Å². The zero-order valence-corrected chi connectivity index (χ0v) is 14.7. The molecular formula is C18H15F4NO3S. The second-order valence-electron chi connectivity index (χ2n) is 5.35. The number of rotatable bonds is 6. The number of sulfonamides is 1. The van der Waals surface area contributed by atoms with Gasteiger partial charge in [-0.15, -0.1) is 0 Å². The molecule has 0 fully saturated rings. The van der Waals surface area contributed by atoms with Gasteiger partial charge in [-0.25, -0.2) is 17.5 Å². The number of ether oxygens (including phenoxy) is 1. The van der Waals surface area contributed by atoms with Gasteiger partial charge in [-0.1, -0.05) is 36.1 Å². The van der Waals surface area contributed by atoms with Crippen LogP contribution in [0.4, 0.5) is 17.6 Å². The lowest BCUT2D eigenvalue weighted by molar-refractivity contribution is -0.137. The Kier molecular flexibility index (Phi) is 6.82. The number of hydrogen-bond acceptors (Lipinski definition) is 3. The van der Waals surface area contributed by atoms with E-state index in [0.717, 1.165) is 24.3 Å². The number of alkyl halides is 3. The summed E-state index contributed by atoms with van der Waals surface area (Å²) in [6, 6.07) is 9.64. The van der Waals surface area contributed by atoms with E-state index in [2.05, 4.69) is 16.6 Å². The summed E-state index contributed by atoms with van der Waals surface area (Å²) in [7, 11) is -3.76. The Labute approximate surface area is 154 Å². The molecule has 2 rings (SSSR count). The summed E-state index contributed by atoms with van der Waals surface area (Å²) in [4.78, 5) is 0. The van der Waals surface area contributed by atoms with Crippen LogP contribution in [-0.4, -0.2) is 21.6 Å². The lowest BCUT2D eigenvalue weighted by atomic mass is 10.1. The van der Waals surface area contributed by atoms with Gasteiger partial charge >= 0.3 is 6.18 Å². The minimum atomic E-state index is -4.48. The molecule has 0 saturated heterocycles. The smallest absolute Gasteiger partial charge is 0.416 e. The Hall–Kier alpha value is -2.57. The Balaban J connectivity index is 1.81. The van der Waals surface area contributed by atoms with Crippen LogP contribution in [0.5, 0.6) is 5.75 Å². The van der Waals surface area contributed by atoms with Crippen molar-refractivity contribution in [1.29, 1.82) is 0 Å². The SMILES string of the molecule is O=S(=O)(Cc1ccc(C(F)(F)F)cc1)NCC#CCOc1ccccc1F. The lowest BCUT2D eigenvalue weighted by Gasteiger charge is -2.08. The van der Waals surface area contributed by atoms with Crippen LogP contribution in [0.2, 0.25) is 0 Å². The third kappa shape index (κ3) is 6.92. The summed E-state index contributed by atoms with van der Waals surface area (Å²) >= 11 is 0. The molecule has 2 aromatic rings. The maximum absolute atomic E-state index is 13.3. The minimum Gasteiger partial charge on any atom is -0.478 e. The molecule has 0 aromatic heterocycles. The lowest BCUT2D eigenvalue weighted by Crippen LogP contribution is -2.25. The fourth-order valence-electron chi connectivity index (χ4n) is 2.00. The molecule has 0 heterocycles. The molecule has 4 nitrogen and oxygen atoms in total. The predicted octanol–water partition coefficient (Wildman–Crippen LogP) is 3.35. The zero-order chi connectivity index (χ0) is 19.9. The molecule has 0 aliphatic carbocycles. The molecule has 9 heteroatoms. The van der Waals surface area contributed by atoms with Gasteiger partial charge in [0.1, 0.15) is 6.61 Å². The molecular weight excluding hydrogens is 386 g/mol. The number of nitrogens with one attached hydrogen (secondary N) is 1. The second-order valence-corrected chi connectivity index (χ2v) is 7.15. The van der Waals surface area contributed by atoms with Crippen LogP contribution in [0.15, 0.2) is 48.5 Å². The van der Waals surface area contributed by atoms with Gasteiger partial charge in [0.25, 0.3) is 0 Å². The van der Waals surface area contributed by atoms with Crippen molar-refractivity contribution in [1.82, 2.24) is 4.72 Å². The van der Waals surface area contributed by atoms with E-state index in [1.165, 1.54) is 18.2 Å². The average Bonchev–Trinajstić information content (AvgIpc) is 2.58. The third-order valence-electron chi connectivity index (χ3n) is 3.28. The van der Waals surface area contributed by atoms with E-state index in [1.54, 1.807) is 6.07 Å². The number of halogens is 4. The molecule has 0 aliphatic rings. The monoisotopic (exact) mass is 401 g/mol. The van der Waals surface area contributed by atoms with E-state index in [-0.39, 0.29) is 24.5 Å². The quantitative estimate of drug-likeness (QED) is 0.597. The molecule has 2 aromatic carbocycles. The van der Waals surface area contributed by atoms with Gasteiger partial charge in [0.05, 0.1) is 17.9 Å². The highest BCUT2D eigenvalue weighted by Gasteiger charge is 2.30. The van der Waals surface area contributed by atoms with E-state index >= 15 is 0 Å². The van der Waals surface area contributed by atoms with E-state index in [0.29, 0.717) is 0 Å². The fourth-order valence-corrected chi connectivity index (χ4v) is 3.02. The van der Waals surface area contributed by atoms with Crippen LogP contribution in [0.25, 0.3) is 0 Å². The van der Waals surface area contributed by atoms with E-state index in [1.807, 2.05) is 0 Å². The summed E-state index contributed by atoms with van der Waals surface area (Å²) < 4.78 is 81.8. The van der Waals surface area contributed by atoms with Crippen LogP contribution >= 0.6 is 0 Å². The van der Waals surface area contributed by atoms with Crippen molar-refractivity contribution in [2.45, 2.75) is 11.9 Å². The van der Waals surface area contributed by atoms with Crippen LogP contribution in [-0.2, 0) is 22.0 Å². The number of para-hydroxylation sites is 1. The normalized spacial score (nSPS) is 11.6. The summed E-state index contributed by atoms with van der Waals surface area (Å²) in [5, 5.41) is 0. The molecule has 0 radical (unpaired) electrons. The van der Waals surface area contributed by atoms with Gasteiger partial charge in [0.2, 0.25) is 10.0 Å². The first-order valence-electron chi connectivity index (χ1n) is 7.64. The average molecular weight is 401 g/mol. The highest BCUT2D eigenvalue weighted by atomic mass is 32.2. The van der Waals surface area contributed by atoms with Crippen molar-refractivity contribution in [2.75, 3.05) is 13.2 Å². The van der Waals surface area contributed by atoms with Gasteiger partial charge in [0.15, 0.2) is 11.6 Å². The molecule has 0 bridgehead atoms. The van der Waals surface area contributed by atoms with Crippen molar-refractivity contribution in [3.8, 4) is 17.6 Å². The molecule has 0 saturated carbocycles. The topological polar surface area (TPSA) is 55.4 Å². The zero-order valence-electron chi connectivity index (χ0n) is 13.9. The predicted molar refractivity (Wildman–Crippen MR) is 91.7 cm³/mol. The van der Waals surface area contributed by atoms with Crippen LogP contribution < -0.4 is 9.46 Å².